The summed E-state index contributed by atoms with van der Waals surface area (Å²) >= 11 is 0. The fourth-order valence-corrected chi connectivity index (χ4v) is 2.02. The second-order valence-electron chi connectivity index (χ2n) is 7.17. The van der Waals surface area contributed by atoms with E-state index in [4.69, 9.17) is 25.7 Å². The molecular formula is C17H36N2O4. The highest BCUT2D eigenvalue weighted by Gasteiger charge is 2.27. The third-order valence-electron chi connectivity index (χ3n) is 3.75. The Hall–Kier alpha value is -0.690. The van der Waals surface area contributed by atoms with Crippen LogP contribution < -0.4 is 11.5 Å². The van der Waals surface area contributed by atoms with Gasteiger partial charge in [0, 0.05) is 20.1 Å². The van der Waals surface area contributed by atoms with Crippen molar-refractivity contribution < 1.29 is 19.0 Å². The predicted octanol–water partition coefficient (Wildman–Crippen LogP) is 1.99. The molecule has 23 heavy (non-hydrogen) atoms. The number of esters is 1. The van der Waals surface area contributed by atoms with Crippen molar-refractivity contribution in [2.24, 2.45) is 11.5 Å². The van der Waals surface area contributed by atoms with E-state index in [0.29, 0.717) is 32.6 Å². The van der Waals surface area contributed by atoms with E-state index < -0.39 is 11.6 Å². The summed E-state index contributed by atoms with van der Waals surface area (Å²) in [4.78, 5) is 12.0. The van der Waals surface area contributed by atoms with E-state index in [1.807, 2.05) is 27.7 Å². The van der Waals surface area contributed by atoms with Gasteiger partial charge in [0.15, 0.2) is 0 Å². The minimum absolute atomic E-state index is 0.255. The molecule has 0 aromatic rings. The van der Waals surface area contributed by atoms with Crippen LogP contribution in [0.5, 0.6) is 0 Å². The summed E-state index contributed by atoms with van der Waals surface area (Å²) < 4.78 is 16.5. The average Bonchev–Trinajstić information content (AvgIpc) is 2.44. The second kappa shape index (κ2) is 11.0. The van der Waals surface area contributed by atoms with Crippen molar-refractivity contribution in [1.82, 2.24) is 0 Å². The molecule has 0 fully saturated rings. The zero-order valence-electron chi connectivity index (χ0n) is 15.5. The van der Waals surface area contributed by atoms with Gasteiger partial charge in [-0.05, 0) is 53.5 Å². The molecule has 0 bridgehead atoms. The van der Waals surface area contributed by atoms with Crippen LogP contribution in [0.25, 0.3) is 0 Å². The molecule has 0 saturated carbocycles. The van der Waals surface area contributed by atoms with Crippen molar-refractivity contribution in [2.75, 3.05) is 26.9 Å². The van der Waals surface area contributed by atoms with Crippen LogP contribution in [0, 0.1) is 0 Å². The maximum absolute atomic E-state index is 12.0. The minimum atomic E-state index is -0.597. The quantitative estimate of drug-likeness (QED) is 0.395. The molecule has 6 heteroatoms. The lowest BCUT2D eigenvalue weighted by molar-refractivity contribution is -0.161. The van der Waals surface area contributed by atoms with Gasteiger partial charge in [-0.15, -0.1) is 0 Å². The number of hydrogen-bond acceptors (Lipinski definition) is 6. The van der Waals surface area contributed by atoms with E-state index in [1.54, 1.807) is 7.11 Å². The topological polar surface area (TPSA) is 96.8 Å². The molecule has 1 unspecified atom stereocenters. The first kappa shape index (κ1) is 22.3. The zero-order chi connectivity index (χ0) is 17.9. The van der Waals surface area contributed by atoms with Gasteiger partial charge < -0.3 is 25.7 Å². The molecular weight excluding hydrogens is 296 g/mol. The number of hydrogen-bond donors (Lipinski definition) is 2. The molecule has 0 aliphatic heterocycles. The molecule has 138 valence electrons. The van der Waals surface area contributed by atoms with Crippen molar-refractivity contribution in [3.63, 3.8) is 0 Å². The van der Waals surface area contributed by atoms with Crippen molar-refractivity contribution in [3.8, 4) is 0 Å². The highest BCUT2D eigenvalue weighted by Crippen LogP contribution is 2.20. The van der Waals surface area contributed by atoms with Gasteiger partial charge in [-0.2, -0.15) is 0 Å². The van der Waals surface area contributed by atoms with Gasteiger partial charge in [0.05, 0.1) is 12.2 Å². The Balaban J connectivity index is 4.14. The Morgan fingerprint density at radius 1 is 1.04 bits per heavy atom. The van der Waals surface area contributed by atoms with E-state index in [9.17, 15) is 4.79 Å². The van der Waals surface area contributed by atoms with E-state index in [1.165, 1.54) is 0 Å². The summed E-state index contributed by atoms with van der Waals surface area (Å²) in [6.07, 6.45) is 3.74. The number of rotatable bonds is 13. The van der Waals surface area contributed by atoms with Crippen LogP contribution in [-0.4, -0.2) is 50.1 Å². The molecule has 0 rings (SSSR count). The minimum Gasteiger partial charge on any atom is -0.458 e. The summed E-state index contributed by atoms with van der Waals surface area (Å²) in [5, 5.41) is 0. The molecule has 1 atom stereocenters. The number of methoxy groups -OCH3 is 1. The average molecular weight is 332 g/mol. The summed E-state index contributed by atoms with van der Waals surface area (Å²) in [5.74, 6) is -0.356. The van der Waals surface area contributed by atoms with Crippen molar-refractivity contribution in [1.29, 1.82) is 0 Å². The predicted molar refractivity (Wildman–Crippen MR) is 92.2 cm³/mol. The zero-order valence-corrected chi connectivity index (χ0v) is 15.5. The molecule has 0 radical (unpaired) electrons. The molecule has 0 amide bonds. The highest BCUT2D eigenvalue weighted by atomic mass is 16.6. The second-order valence-corrected chi connectivity index (χ2v) is 7.17. The Bertz CT molecular complexity index is 333. The van der Waals surface area contributed by atoms with Crippen molar-refractivity contribution in [3.05, 3.63) is 0 Å². The lowest BCUT2D eigenvalue weighted by Crippen LogP contribution is -2.39. The summed E-state index contributed by atoms with van der Waals surface area (Å²) in [5.41, 5.74) is 10.4. The van der Waals surface area contributed by atoms with E-state index in [0.717, 1.165) is 19.3 Å². The van der Waals surface area contributed by atoms with Crippen LogP contribution in [0.3, 0.4) is 0 Å². The van der Waals surface area contributed by atoms with Crippen molar-refractivity contribution in [2.45, 2.75) is 77.0 Å². The van der Waals surface area contributed by atoms with Gasteiger partial charge in [-0.25, -0.2) is 0 Å². The summed E-state index contributed by atoms with van der Waals surface area (Å²) in [6, 6.07) is -0.583. The number of carbonyl (C=O) groups excluding carboxylic acids is 1. The van der Waals surface area contributed by atoms with Crippen molar-refractivity contribution >= 4 is 5.97 Å². The Morgan fingerprint density at radius 3 is 2.22 bits per heavy atom. The van der Waals surface area contributed by atoms with Gasteiger partial charge in [0.1, 0.15) is 11.6 Å². The van der Waals surface area contributed by atoms with Crippen LogP contribution >= 0.6 is 0 Å². The molecule has 0 aliphatic rings. The van der Waals surface area contributed by atoms with Gasteiger partial charge >= 0.3 is 5.97 Å². The van der Waals surface area contributed by atoms with E-state index in [-0.39, 0.29) is 11.6 Å². The fourth-order valence-electron chi connectivity index (χ4n) is 2.02. The number of unbranched alkanes of at least 4 members (excludes halogenated alkanes) is 1. The largest absolute Gasteiger partial charge is 0.458 e. The summed E-state index contributed by atoms with van der Waals surface area (Å²) in [7, 11) is 1.68. The van der Waals surface area contributed by atoms with Crippen LogP contribution in [0.4, 0.5) is 0 Å². The van der Waals surface area contributed by atoms with E-state index in [2.05, 4.69) is 0 Å². The molecule has 6 nitrogen and oxygen atoms in total. The molecule has 0 heterocycles. The SMILES string of the molecule is COCCC(C)(C)OCCC(C)(C)OC(=O)C(N)CCCCN. The Kier molecular flexibility index (Phi) is 10.6. The summed E-state index contributed by atoms with van der Waals surface area (Å²) in [6.45, 7) is 9.59. The van der Waals surface area contributed by atoms with Crippen LogP contribution in [0.2, 0.25) is 0 Å². The molecule has 0 aliphatic carbocycles. The molecule has 0 aromatic heterocycles. The van der Waals surface area contributed by atoms with Gasteiger partial charge in [0.2, 0.25) is 0 Å². The number of nitrogens with two attached hydrogens (primary N) is 2. The van der Waals surface area contributed by atoms with Crippen LogP contribution in [0.1, 0.15) is 59.8 Å². The smallest absolute Gasteiger partial charge is 0.323 e. The van der Waals surface area contributed by atoms with Gasteiger partial charge in [-0.3, -0.25) is 4.79 Å². The molecule has 0 spiro atoms. The number of ether oxygens (including phenoxy) is 3. The standard InChI is InChI=1S/C17H36N2O4/c1-16(2,9-12-21-5)22-13-10-17(3,4)23-15(20)14(19)8-6-7-11-18/h14H,6-13,18-19H2,1-5H3. The normalized spacial score (nSPS) is 13.9. The lowest BCUT2D eigenvalue weighted by atomic mass is 10.0. The highest BCUT2D eigenvalue weighted by molar-refractivity contribution is 5.75. The van der Waals surface area contributed by atoms with Crippen LogP contribution in [0.15, 0.2) is 0 Å². The third kappa shape index (κ3) is 11.5. The Labute approximate surface area is 141 Å². The number of carbonyl (C=O) groups is 1. The molecule has 0 saturated heterocycles. The first-order valence-corrected chi connectivity index (χ1v) is 8.45. The first-order valence-electron chi connectivity index (χ1n) is 8.45. The maximum atomic E-state index is 12.0. The fraction of sp³-hybridized carbons (Fsp3) is 0.941. The van der Waals surface area contributed by atoms with Crippen LogP contribution in [-0.2, 0) is 19.0 Å². The van der Waals surface area contributed by atoms with Gasteiger partial charge in [-0.1, -0.05) is 6.42 Å². The molecule has 4 N–H and O–H groups in total. The molecule has 0 aromatic carbocycles. The lowest BCUT2D eigenvalue weighted by Gasteiger charge is -2.30. The first-order chi connectivity index (χ1) is 10.6. The Morgan fingerprint density at radius 2 is 1.65 bits per heavy atom. The monoisotopic (exact) mass is 332 g/mol. The third-order valence-corrected chi connectivity index (χ3v) is 3.75. The van der Waals surface area contributed by atoms with Gasteiger partial charge in [0.25, 0.3) is 0 Å². The van der Waals surface area contributed by atoms with E-state index >= 15 is 0 Å². The maximum Gasteiger partial charge on any atom is 0.323 e.